The van der Waals surface area contributed by atoms with Crippen molar-refractivity contribution in [1.82, 2.24) is 21.3 Å². The monoisotopic (exact) mass is 983 g/mol. The number of phenolic OH excluding ortho intramolecular Hbond substituents is 2. The van der Waals surface area contributed by atoms with E-state index in [1.165, 1.54) is 36.4 Å². The second-order valence-electron chi connectivity index (χ2n) is 17.7. The molecule has 0 aromatic heterocycles. The molecule has 1 heterocycles. The molecule has 0 fully saturated rings. The number of fused-ring (bicyclic) bond motifs is 2. The van der Waals surface area contributed by atoms with Crippen molar-refractivity contribution in [3.63, 3.8) is 0 Å². The van der Waals surface area contributed by atoms with E-state index in [0.717, 1.165) is 16.7 Å². The topological polar surface area (TPSA) is 341 Å². The standard InChI is InChI=1S/C53H61N9O10/c1-29-21-35(65)22-30(2)39(29)27-41(55)48(66)60-43(12-8-20-58-53(56)57)50(68)62-44(24-31-9-4-3-5-10-31)51(69)61-42(11-6-7-19-54)49(67)59-28-32-13-16-36(52(70)71)40(23-32)47-37-17-14-33(63)25-45(37)72-46-26-34(64)15-18-38(46)47/h3-5,9-10,13-18,21-23,25-26,41-44,63,65H,6-8,11-12,19-20,24,27-28,54-55H2,1-2H3,(H,59,67)(H,60,66)(H,61,69)(H,62,68)(H,70,71)(H4,56,57,58)/t41-,42-,43+,44-/m0/s1. The van der Waals surface area contributed by atoms with E-state index in [1.54, 1.807) is 74.5 Å². The molecule has 4 amide bonds. The van der Waals surface area contributed by atoms with Crippen LogP contribution in [0.15, 0.2) is 111 Å². The highest BCUT2D eigenvalue weighted by Gasteiger charge is 2.31. The number of benzene rings is 5. The first kappa shape index (κ1) is 53.1. The van der Waals surface area contributed by atoms with Crippen molar-refractivity contribution >= 4 is 46.5 Å². The number of carbonyl (C=O) groups is 5. The summed E-state index contributed by atoms with van der Waals surface area (Å²) < 4.78 is 5.97. The molecule has 2 aliphatic rings. The Morgan fingerprint density at radius 1 is 0.681 bits per heavy atom. The first-order valence-electron chi connectivity index (χ1n) is 23.5. The van der Waals surface area contributed by atoms with Crippen LogP contribution in [0.25, 0.3) is 33.4 Å². The fourth-order valence-corrected chi connectivity index (χ4v) is 8.58. The Hall–Kier alpha value is -8.29. The molecule has 1 aliphatic heterocycles. The van der Waals surface area contributed by atoms with Crippen LogP contribution in [-0.4, -0.2) is 88.1 Å². The predicted molar refractivity (Wildman–Crippen MR) is 273 cm³/mol. The zero-order valence-corrected chi connectivity index (χ0v) is 40.1. The summed E-state index contributed by atoms with van der Waals surface area (Å²) in [5, 5.41) is 42.4. The Morgan fingerprint density at radius 3 is 2.04 bits per heavy atom. The quantitative estimate of drug-likeness (QED) is 0.0190. The third-order valence-electron chi connectivity index (χ3n) is 12.2. The van der Waals surface area contributed by atoms with E-state index in [9.17, 15) is 44.1 Å². The summed E-state index contributed by atoms with van der Waals surface area (Å²) >= 11 is 0. The Bertz CT molecular complexity index is 2970. The molecule has 0 saturated carbocycles. The summed E-state index contributed by atoms with van der Waals surface area (Å²) in [5.41, 5.74) is 27.6. The molecule has 19 heteroatoms. The van der Waals surface area contributed by atoms with Gasteiger partial charge in [0.05, 0.1) is 11.6 Å². The molecular formula is C53H61N9O10. The number of aromatic carboxylic acids is 1. The van der Waals surface area contributed by atoms with Gasteiger partial charge in [-0.05, 0) is 141 Å². The summed E-state index contributed by atoms with van der Waals surface area (Å²) in [6.45, 7) is 3.95. The number of aromatic hydroxyl groups is 2. The summed E-state index contributed by atoms with van der Waals surface area (Å²) in [4.78, 5) is 85.6. The number of carboxylic acid groups (broad SMARTS) is 1. The Labute approximate surface area is 415 Å². The minimum absolute atomic E-state index is 0.00766. The lowest BCUT2D eigenvalue weighted by Crippen LogP contribution is -2.58. The molecule has 0 spiro atoms. The average Bonchev–Trinajstić information content (AvgIpc) is 3.33. The van der Waals surface area contributed by atoms with Gasteiger partial charge in [0, 0.05) is 48.2 Å². The Balaban J connectivity index is 1.24. The Morgan fingerprint density at radius 2 is 1.35 bits per heavy atom. The summed E-state index contributed by atoms with van der Waals surface area (Å²) in [6, 6.07) is 20.5. The molecule has 0 saturated heterocycles. The molecule has 19 nitrogen and oxygen atoms in total. The maximum absolute atomic E-state index is 14.4. The number of carboxylic acids is 1. The van der Waals surface area contributed by atoms with Crippen LogP contribution in [0.3, 0.4) is 0 Å². The van der Waals surface area contributed by atoms with Gasteiger partial charge in [0.1, 0.15) is 41.0 Å². The fraction of sp³-hybridized carbons (Fsp3) is 0.302. The van der Waals surface area contributed by atoms with E-state index in [4.69, 9.17) is 27.4 Å². The molecular weight excluding hydrogens is 923 g/mol. The molecule has 0 bridgehead atoms. The number of hydrogen-bond acceptors (Lipinski definition) is 12. The van der Waals surface area contributed by atoms with Gasteiger partial charge in [0.15, 0.2) is 11.4 Å². The molecule has 0 unspecified atom stereocenters. The van der Waals surface area contributed by atoms with Crippen LogP contribution in [0.5, 0.6) is 11.5 Å². The van der Waals surface area contributed by atoms with Crippen molar-refractivity contribution in [2.45, 2.75) is 89.5 Å². The number of hydrogen-bond donors (Lipinski definition) is 11. The third kappa shape index (κ3) is 13.9. The largest absolute Gasteiger partial charge is 0.508 e. The normalized spacial score (nSPS) is 12.8. The summed E-state index contributed by atoms with van der Waals surface area (Å²) in [5.74, 6) is -3.83. The van der Waals surface area contributed by atoms with E-state index in [1.807, 2.05) is 0 Å². The second kappa shape index (κ2) is 24.5. The second-order valence-corrected chi connectivity index (χ2v) is 17.7. The number of guanidine groups is 1. The highest BCUT2D eigenvalue weighted by atomic mass is 16.4. The maximum Gasteiger partial charge on any atom is 0.336 e. The lowest BCUT2D eigenvalue weighted by atomic mass is 9.89. The van der Waals surface area contributed by atoms with E-state index in [0.29, 0.717) is 47.0 Å². The molecule has 15 N–H and O–H groups in total. The minimum Gasteiger partial charge on any atom is -0.508 e. The smallest absolute Gasteiger partial charge is 0.336 e. The first-order valence-corrected chi connectivity index (χ1v) is 23.5. The SMILES string of the molecule is Cc1cc(O)cc(C)c1C[C@H](N)C(=O)N[C@H](CCCN=C(N)N)C(=O)N[C@@H](Cc1ccccc1)C(=O)N[C@@H](CCCCN)C(=O)NCc1ccc(C(=O)O)c(-c2c3ccc(=O)cc-3oc3cc(O)ccc23)c1. The van der Waals surface area contributed by atoms with E-state index in [2.05, 4.69) is 26.3 Å². The number of unbranched alkanes of at least 4 members (excludes halogenated alkanes) is 1. The van der Waals surface area contributed by atoms with Crippen LogP contribution < -0.4 is 49.6 Å². The van der Waals surface area contributed by atoms with Gasteiger partial charge >= 0.3 is 5.97 Å². The number of rotatable bonds is 23. The molecule has 4 aromatic carbocycles. The maximum atomic E-state index is 14.4. The van der Waals surface area contributed by atoms with Gasteiger partial charge in [-0.25, -0.2) is 4.79 Å². The highest BCUT2D eigenvalue weighted by molar-refractivity contribution is 6.07. The van der Waals surface area contributed by atoms with E-state index >= 15 is 0 Å². The fourth-order valence-electron chi connectivity index (χ4n) is 8.58. The predicted octanol–water partition coefficient (Wildman–Crippen LogP) is 3.36. The third-order valence-corrected chi connectivity index (χ3v) is 12.2. The number of nitrogens with one attached hydrogen (secondary N) is 4. The van der Waals surface area contributed by atoms with Crippen LogP contribution in [0.1, 0.15) is 70.3 Å². The zero-order chi connectivity index (χ0) is 52.1. The van der Waals surface area contributed by atoms with Gasteiger partial charge in [0.2, 0.25) is 23.6 Å². The van der Waals surface area contributed by atoms with Crippen molar-refractivity contribution in [3.8, 4) is 33.9 Å². The number of nitrogens with zero attached hydrogens (tertiary/aromatic N) is 1. The van der Waals surface area contributed by atoms with Crippen LogP contribution in [0.4, 0.5) is 0 Å². The first-order chi connectivity index (χ1) is 34.4. The van der Waals surface area contributed by atoms with Crippen molar-refractivity contribution in [2.75, 3.05) is 13.1 Å². The Kier molecular flexibility index (Phi) is 18.1. The van der Waals surface area contributed by atoms with Gasteiger partial charge in [-0.2, -0.15) is 0 Å². The van der Waals surface area contributed by atoms with E-state index in [-0.39, 0.29) is 90.6 Å². The van der Waals surface area contributed by atoms with Crippen LogP contribution in [0.2, 0.25) is 0 Å². The number of phenols is 2. The van der Waals surface area contributed by atoms with Gasteiger partial charge in [-0.15, -0.1) is 0 Å². The number of carbonyl (C=O) groups excluding carboxylic acids is 4. The van der Waals surface area contributed by atoms with Crippen molar-refractivity contribution in [3.05, 3.63) is 141 Å². The van der Waals surface area contributed by atoms with E-state index < -0.39 is 53.8 Å². The molecule has 6 rings (SSSR count). The molecule has 0 radical (unpaired) electrons. The number of nitrogens with two attached hydrogens (primary N) is 4. The molecule has 72 heavy (non-hydrogen) atoms. The average molecular weight is 984 g/mol. The number of aryl methyl sites for hydroxylation is 2. The van der Waals surface area contributed by atoms with Crippen LogP contribution >= 0.6 is 0 Å². The van der Waals surface area contributed by atoms with Gasteiger partial charge in [-0.3, -0.25) is 29.0 Å². The highest BCUT2D eigenvalue weighted by Crippen LogP contribution is 2.42. The molecule has 4 aromatic rings. The van der Waals surface area contributed by atoms with Crippen molar-refractivity contribution < 1.29 is 43.7 Å². The van der Waals surface area contributed by atoms with Crippen molar-refractivity contribution in [1.29, 1.82) is 0 Å². The van der Waals surface area contributed by atoms with Crippen molar-refractivity contribution in [2.24, 2.45) is 27.9 Å². The number of aliphatic imine (C=N–C) groups is 1. The van der Waals surface area contributed by atoms with Crippen LogP contribution in [-0.2, 0) is 38.6 Å². The van der Waals surface area contributed by atoms with Gasteiger partial charge < -0.3 is 63.9 Å². The molecule has 378 valence electrons. The summed E-state index contributed by atoms with van der Waals surface area (Å²) in [7, 11) is 0. The van der Waals surface area contributed by atoms with Gasteiger partial charge in [-0.1, -0.05) is 36.4 Å². The van der Waals surface area contributed by atoms with Gasteiger partial charge in [0.25, 0.3) is 0 Å². The lowest BCUT2D eigenvalue weighted by molar-refractivity contribution is -0.134. The number of amides is 4. The zero-order valence-electron chi connectivity index (χ0n) is 40.1. The minimum atomic E-state index is -1.24. The molecule has 1 aliphatic carbocycles. The molecule has 4 atom stereocenters. The van der Waals surface area contributed by atoms with Crippen LogP contribution in [0, 0.1) is 13.8 Å². The summed E-state index contributed by atoms with van der Waals surface area (Å²) in [6.07, 6.45) is 1.61. The lowest BCUT2D eigenvalue weighted by Gasteiger charge is -2.26.